The van der Waals surface area contributed by atoms with E-state index in [1.54, 1.807) is 0 Å². The molecule has 0 saturated carbocycles. The van der Waals surface area contributed by atoms with Crippen molar-refractivity contribution < 1.29 is 222 Å². The number of carbonyl (C=O) groups is 4. The third-order valence-corrected chi connectivity index (χ3v) is 8.71. The first-order chi connectivity index (χ1) is 23.9. The number of rotatable bonds is 16. The summed E-state index contributed by atoms with van der Waals surface area (Å²) in [7, 11) is -17.6. The SMILES string of the molecule is COP(=O)([O-])OC(=O)c1cc(N=C([O-])/C=C/C([O-])=Nc2cc(C(=O)OP(=O)(O)OC)cc(C(=O)OP(=O)(O)OC)c2)cc(C(=O)OP(=O)([O-])OC)c1.[Na+].[Na+].[Na+].[Na+]. The molecule has 0 saturated heterocycles. The predicted octanol–water partition coefficient (Wildman–Crippen LogP) is -11.9. The quantitative estimate of drug-likeness (QED) is 0.0683. The molecule has 2 aromatic carbocycles. The molecule has 0 spiro atoms. The topological polar surface area (TPSA) is 368 Å². The predicted molar refractivity (Wildman–Crippen MR) is 161 cm³/mol. The van der Waals surface area contributed by atoms with Crippen molar-refractivity contribution in [2.24, 2.45) is 9.98 Å². The Morgan fingerprint density at radius 1 is 0.518 bits per heavy atom. The fraction of sp³-hybridized carbons (Fsp3) is 0.167. The van der Waals surface area contributed by atoms with Crippen molar-refractivity contribution in [3.8, 4) is 0 Å². The van der Waals surface area contributed by atoms with Crippen LogP contribution in [-0.4, -0.2) is 73.9 Å². The first kappa shape index (κ1) is 59.9. The Morgan fingerprint density at radius 3 is 1.00 bits per heavy atom. The van der Waals surface area contributed by atoms with Crippen molar-refractivity contribution >= 4 is 78.3 Å². The van der Waals surface area contributed by atoms with Gasteiger partial charge in [-0.1, -0.05) is 12.2 Å². The molecule has 4 atom stereocenters. The Kier molecular flexibility index (Phi) is 27.9. The molecule has 0 heterocycles. The van der Waals surface area contributed by atoms with Crippen LogP contribution < -0.4 is 138 Å². The van der Waals surface area contributed by atoms with Crippen LogP contribution in [0.1, 0.15) is 41.4 Å². The van der Waals surface area contributed by atoms with Crippen LogP contribution in [0.2, 0.25) is 0 Å². The van der Waals surface area contributed by atoms with E-state index in [0.717, 1.165) is 12.1 Å². The number of hydrogen-bond acceptors (Lipinski definition) is 22. The van der Waals surface area contributed by atoms with E-state index in [2.05, 4.69) is 46.2 Å². The third-order valence-electron chi connectivity index (χ3n) is 5.32. The Bertz CT molecular complexity index is 1790. The number of phosphoric ester groups is 4. The van der Waals surface area contributed by atoms with Gasteiger partial charge in [0, 0.05) is 28.4 Å². The van der Waals surface area contributed by atoms with Gasteiger partial charge in [0.25, 0.3) is 0 Å². The van der Waals surface area contributed by atoms with Gasteiger partial charge in [-0.15, -0.1) is 0 Å². The summed E-state index contributed by atoms with van der Waals surface area (Å²) in [5.74, 6) is -9.22. The van der Waals surface area contributed by atoms with Crippen molar-refractivity contribution in [2.45, 2.75) is 0 Å². The van der Waals surface area contributed by atoms with E-state index in [0.29, 0.717) is 64.9 Å². The Hall–Kier alpha value is -0.400. The summed E-state index contributed by atoms with van der Waals surface area (Å²) in [6, 6.07) is 4.14. The van der Waals surface area contributed by atoms with Gasteiger partial charge in [-0.05, 0) is 48.2 Å². The molecule has 32 heteroatoms. The molecule has 2 rings (SSSR count). The van der Waals surface area contributed by atoms with Crippen LogP contribution >= 0.6 is 31.3 Å². The van der Waals surface area contributed by atoms with Crippen molar-refractivity contribution in [3.63, 3.8) is 0 Å². The van der Waals surface area contributed by atoms with E-state index in [1.165, 1.54) is 0 Å². The van der Waals surface area contributed by atoms with Crippen LogP contribution in [0.15, 0.2) is 58.5 Å². The van der Waals surface area contributed by atoms with Crippen LogP contribution in [0, 0.1) is 0 Å². The molecule has 4 unspecified atom stereocenters. The Labute approximate surface area is 404 Å². The number of aliphatic imine (C=N–C) groups is 2. The van der Waals surface area contributed by atoms with Gasteiger partial charge in [0.1, 0.15) is 0 Å². The summed E-state index contributed by atoms with van der Waals surface area (Å²) >= 11 is 0. The molecule has 24 nitrogen and oxygen atoms in total. The monoisotopic (exact) mass is 906 g/mol. The van der Waals surface area contributed by atoms with Gasteiger partial charge in [0.05, 0.1) is 33.6 Å². The normalized spacial score (nSPS) is 15.6. The Morgan fingerprint density at radius 2 is 0.768 bits per heavy atom. The summed E-state index contributed by atoms with van der Waals surface area (Å²) in [5.41, 5.74) is -4.28. The molecule has 0 aliphatic heterocycles. The zero-order valence-electron chi connectivity index (χ0n) is 30.4. The maximum absolute atomic E-state index is 12.5. The molecule has 0 aromatic heterocycles. The summed E-state index contributed by atoms with van der Waals surface area (Å²) in [5, 5.41) is 25.1. The first-order valence-corrected chi connectivity index (χ1v) is 18.8. The second-order valence-electron chi connectivity index (χ2n) is 8.85. The molecular weight excluding hydrogens is 884 g/mol. The minimum atomic E-state index is -5.20. The largest absolute Gasteiger partial charge is 1.00 e. The van der Waals surface area contributed by atoms with Gasteiger partial charge in [0.15, 0.2) is 0 Å². The molecule has 2 aromatic rings. The van der Waals surface area contributed by atoms with E-state index in [4.69, 9.17) is 0 Å². The average Bonchev–Trinajstić information content (AvgIpc) is 3.06. The molecule has 0 radical (unpaired) electrons. The maximum atomic E-state index is 12.5. The van der Waals surface area contributed by atoms with Crippen molar-refractivity contribution in [1.82, 2.24) is 0 Å². The minimum absolute atomic E-state index is 0. The molecule has 284 valence electrons. The standard InChI is InChI=1S/C24H26N2O22P4.4Na/c1-41-49(33,34)45-21(29)13-7-14(22(30)46-50(35,36)42-2)10-17(9-13)25-19(27)5-6-20(28)26-18-11-15(23(31)47-51(37,38)43-3)8-16(12-18)24(32)48-52(39,40)44-4;;;;/h5-12H,1-4H3,(H,25,27)(H,26,28)(H,33,34)(H,35,36)(H,37,38)(H,39,40);;;;/q;4*+1/p-4/b6-5+;;;;. The molecule has 0 bridgehead atoms. The Balaban J connectivity index is -0.00000702. The van der Waals surface area contributed by atoms with E-state index in [1.807, 2.05) is 0 Å². The second kappa shape index (κ2) is 26.0. The zero-order valence-corrected chi connectivity index (χ0v) is 41.9. The van der Waals surface area contributed by atoms with E-state index in [-0.39, 0.29) is 118 Å². The van der Waals surface area contributed by atoms with Crippen molar-refractivity contribution in [1.29, 1.82) is 0 Å². The zero-order chi connectivity index (χ0) is 39.7. The minimum Gasteiger partial charge on any atom is -0.859 e. The number of phosphoric acid groups is 4. The fourth-order valence-corrected chi connectivity index (χ4v) is 4.61. The van der Waals surface area contributed by atoms with Crippen LogP contribution in [-0.2, 0) is 54.5 Å². The van der Waals surface area contributed by atoms with E-state index >= 15 is 0 Å². The maximum Gasteiger partial charge on any atom is 1.00 e. The summed E-state index contributed by atoms with van der Waals surface area (Å²) in [6.07, 6.45) is 0.914. The first-order valence-electron chi connectivity index (χ1n) is 12.9. The van der Waals surface area contributed by atoms with Crippen molar-refractivity contribution in [2.75, 3.05) is 28.4 Å². The molecule has 0 amide bonds. The van der Waals surface area contributed by atoms with E-state index in [9.17, 15) is 67.2 Å². The van der Waals surface area contributed by atoms with Gasteiger partial charge in [0.2, 0.25) is 0 Å². The van der Waals surface area contributed by atoms with Gasteiger partial charge in [-0.3, -0.25) is 37.9 Å². The smallest absolute Gasteiger partial charge is 0.859 e. The van der Waals surface area contributed by atoms with Crippen molar-refractivity contribution in [3.05, 3.63) is 70.8 Å². The molecule has 0 aliphatic carbocycles. The van der Waals surface area contributed by atoms with E-state index < -0.39 is 101 Å². The number of carbonyl (C=O) groups excluding carboxylic acids is 4. The van der Waals surface area contributed by atoms with Gasteiger partial charge >= 0.3 is 173 Å². The van der Waals surface area contributed by atoms with Crippen LogP contribution in [0.25, 0.3) is 0 Å². The second-order valence-corrected chi connectivity index (χ2v) is 14.7. The van der Waals surface area contributed by atoms with Crippen LogP contribution in [0.5, 0.6) is 0 Å². The number of benzene rings is 2. The average molecular weight is 906 g/mol. The van der Waals surface area contributed by atoms with Crippen LogP contribution in [0.4, 0.5) is 11.4 Å². The van der Waals surface area contributed by atoms with Crippen LogP contribution in [0.3, 0.4) is 0 Å². The molecular formula is C24H22N2Na4O22P4. The number of hydrogen-bond donors (Lipinski definition) is 2. The molecule has 0 aliphatic rings. The fourth-order valence-electron chi connectivity index (χ4n) is 3.07. The van der Waals surface area contributed by atoms with Gasteiger partial charge in [-0.2, -0.15) is 0 Å². The third kappa shape index (κ3) is 20.7. The number of nitrogens with zero attached hydrogens (tertiary/aromatic N) is 2. The summed E-state index contributed by atoms with van der Waals surface area (Å²) < 4.78 is 79.6. The molecule has 56 heavy (non-hydrogen) atoms. The molecule has 2 N–H and O–H groups in total. The van der Waals surface area contributed by atoms with Gasteiger partial charge < -0.3 is 47.1 Å². The van der Waals surface area contributed by atoms with Gasteiger partial charge in [-0.25, -0.2) is 28.3 Å². The summed E-state index contributed by atoms with van der Waals surface area (Å²) in [6.45, 7) is 0. The molecule has 0 fully saturated rings. The summed E-state index contributed by atoms with van der Waals surface area (Å²) in [4.78, 5) is 98.6.